The Kier molecular flexibility index (Phi) is 6.76. The van der Waals surface area contributed by atoms with Gasteiger partial charge in [-0.15, -0.1) is 0 Å². The van der Waals surface area contributed by atoms with Crippen LogP contribution in [0.4, 0.5) is 5.69 Å². The lowest BCUT2D eigenvalue weighted by molar-refractivity contribution is -0.119. The Bertz CT molecular complexity index is 818. The molecule has 0 aliphatic heterocycles. The first-order chi connectivity index (χ1) is 13.3. The summed E-state index contributed by atoms with van der Waals surface area (Å²) < 4.78 is 0. The lowest BCUT2D eigenvalue weighted by Gasteiger charge is -2.09. The van der Waals surface area contributed by atoms with Gasteiger partial charge in [0.1, 0.15) is 0 Å². The summed E-state index contributed by atoms with van der Waals surface area (Å²) in [6.45, 7) is 0.178. The largest absolute Gasteiger partial charge is 0.376 e. The van der Waals surface area contributed by atoms with Crippen molar-refractivity contribution in [2.45, 2.75) is 12.8 Å². The van der Waals surface area contributed by atoms with E-state index < -0.39 is 0 Å². The highest BCUT2D eigenvalue weighted by molar-refractivity contribution is 5.90. The minimum Gasteiger partial charge on any atom is -0.376 e. The molecule has 0 aliphatic carbocycles. The minimum atomic E-state index is -0.169. The number of amides is 1. The molecule has 0 unspecified atom stereocenters. The van der Waals surface area contributed by atoms with Crippen LogP contribution >= 0.6 is 0 Å². The fourth-order valence-corrected chi connectivity index (χ4v) is 2.72. The molecule has 0 bridgehead atoms. The van der Waals surface area contributed by atoms with Crippen LogP contribution in [0, 0.1) is 0 Å². The van der Waals surface area contributed by atoms with E-state index in [0.717, 1.165) is 11.4 Å². The van der Waals surface area contributed by atoms with Crippen molar-refractivity contribution in [2.75, 3.05) is 11.9 Å². The molecule has 3 aromatic rings. The number of anilines is 1. The normalized spacial score (nSPS) is 10.1. The number of para-hydroxylation sites is 1. The summed E-state index contributed by atoms with van der Waals surface area (Å²) in [6, 6.07) is 30.0. The number of carbonyl (C=O) groups is 1. The van der Waals surface area contributed by atoms with Crippen molar-refractivity contribution in [3.05, 3.63) is 102 Å². The minimum absolute atomic E-state index is 0.169. The van der Waals surface area contributed by atoms with Gasteiger partial charge < -0.3 is 5.32 Å². The molecular weight excluding hydrogens is 334 g/mol. The molecular formula is C23H23N3O. The van der Waals surface area contributed by atoms with Crippen LogP contribution < -0.4 is 10.7 Å². The van der Waals surface area contributed by atoms with Crippen molar-refractivity contribution in [1.29, 1.82) is 0 Å². The molecule has 0 saturated heterocycles. The van der Waals surface area contributed by atoms with E-state index in [1.165, 1.54) is 11.1 Å². The first-order valence-electron chi connectivity index (χ1n) is 9.00. The lowest BCUT2D eigenvalue weighted by atomic mass is 10.0. The summed E-state index contributed by atoms with van der Waals surface area (Å²) in [5, 5.41) is 7.49. The Hall–Kier alpha value is -3.40. The van der Waals surface area contributed by atoms with Gasteiger partial charge in [0.25, 0.3) is 5.91 Å². The van der Waals surface area contributed by atoms with Crippen LogP contribution in [0.25, 0.3) is 0 Å². The van der Waals surface area contributed by atoms with Gasteiger partial charge in [-0.1, -0.05) is 78.9 Å². The maximum absolute atomic E-state index is 12.1. The highest BCUT2D eigenvalue weighted by Crippen LogP contribution is 2.07. The molecule has 0 radical (unpaired) electrons. The monoisotopic (exact) mass is 357 g/mol. The fourth-order valence-electron chi connectivity index (χ4n) is 2.72. The highest BCUT2D eigenvalue weighted by atomic mass is 16.2. The zero-order chi connectivity index (χ0) is 18.7. The van der Waals surface area contributed by atoms with Gasteiger partial charge in [0, 0.05) is 24.2 Å². The average Bonchev–Trinajstić information content (AvgIpc) is 2.73. The van der Waals surface area contributed by atoms with Crippen LogP contribution in [0.15, 0.2) is 96.1 Å². The molecule has 0 aliphatic rings. The fraction of sp³-hybridized carbons (Fsp3) is 0.130. The molecule has 4 nitrogen and oxygen atoms in total. The van der Waals surface area contributed by atoms with E-state index in [1.807, 2.05) is 66.7 Å². The zero-order valence-corrected chi connectivity index (χ0v) is 15.1. The predicted molar refractivity (Wildman–Crippen MR) is 111 cm³/mol. The molecule has 3 aromatic carbocycles. The summed E-state index contributed by atoms with van der Waals surface area (Å²) >= 11 is 0. The molecule has 27 heavy (non-hydrogen) atoms. The van der Waals surface area contributed by atoms with Crippen molar-refractivity contribution >= 4 is 17.3 Å². The second-order valence-corrected chi connectivity index (χ2v) is 6.26. The summed E-state index contributed by atoms with van der Waals surface area (Å²) in [5.74, 6) is -0.169. The smallest absolute Gasteiger partial charge is 0.259 e. The molecule has 4 heteroatoms. The highest BCUT2D eigenvalue weighted by Gasteiger charge is 2.06. The average molecular weight is 357 g/mol. The van der Waals surface area contributed by atoms with E-state index >= 15 is 0 Å². The molecule has 0 fully saturated rings. The summed E-state index contributed by atoms with van der Waals surface area (Å²) in [7, 11) is 0. The van der Waals surface area contributed by atoms with Crippen molar-refractivity contribution < 1.29 is 4.79 Å². The summed E-state index contributed by atoms with van der Waals surface area (Å²) in [6.07, 6.45) is 1.39. The first-order valence-corrected chi connectivity index (χ1v) is 9.00. The Morgan fingerprint density at radius 2 is 1.19 bits per heavy atom. The van der Waals surface area contributed by atoms with Gasteiger partial charge in [-0.2, -0.15) is 5.10 Å². The molecule has 136 valence electrons. The number of hydrogen-bond donors (Lipinski definition) is 2. The van der Waals surface area contributed by atoms with Crippen molar-refractivity contribution in [3.63, 3.8) is 0 Å². The SMILES string of the molecule is O=C(CNc1ccccc1)NN=C(Cc1ccccc1)Cc1ccccc1. The Morgan fingerprint density at radius 3 is 1.70 bits per heavy atom. The molecule has 3 rings (SSSR count). The topological polar surface area (TPSA) is 53.5 Å². The quantitative estimate of drug-likeness (QED) is 0.472. The number of nitrogens with one attached hydrogen (secondary N) is 2. The maximum Gasteiger partial charge on any atom is 0.259 e. The first kappa shape index (κ1) is 18.4. The lowest BCUT2D eigenvalue weighted by Crippen LogP contribution is -2.27. The number of rotatable bonds is 8. The molecule has 0 spiro atoms. The van der Waals surface area contributed by atoms with Gasteiger partial charge >= 0.3 is 0 Å². The third-order valence-corrected chi connectivity index (χ3v) is 4.07. The maximum atomic E-state index is 12.1. The van der Waals surface area contributed by atoms with Crippen LogP contribution in [0.3, 0.4) is 0 Å². The van der Waals surface area contributed by atoms with E-state index in [4.69, 9.17) is 0 Å². The molecule has 1 amide bonds. The van der Waals surface area contributed by atoms with Crippen molar-refractivity contribution in [3.8, 4) is 0 Å². The van der Waals surface area contributed by atoms with Crippen LogP contribution in [0.1, 0.15) is 11.1 Å². The second-order valence-electron chi connectivity index (χ2n) is 6.26. The van der Waals surface area contributed by atoms with Crippen LogP contribution in [-0.4, -0.2) is 18.2 Å². The third kappa shape index (κ3) is 6.44. The number of hydrazone groups is 1. The number of nitrogens with zero attached hydrogens (tertiary/aromatic N) is 1. The van der Waals surface area contributed by atoms with Crippen molar-refractivity contribution in [1.82, 2.24) is 5.43 Å². The zero-order valence-electron chi connectivity index (χ0n) is 15.1. The Labute approximate surface area is 159 Å². The Morgan fingerprint density at radius 1 is 0.704 bits per heavy atom. The van der Waals surface area contributed by atoms with Crippen LogP contribution in [0.5, 0.6) is 0 Å². The summed E-state index contributed by atoms with van der Waals surface area (Å²) in [4.78, 5) is 12.1. The molecule has 0 atom stereocenters. The van der Waals surface area contributed by atoms with E-state index in [-0.39, 0.29) is 12.5 Å². The molecule has 0 aromatic heterocycles. The predicted octanol–water partition coefficient (Wildman–Crippen LogP) is 4.06. The van der Waals surface area contributed by atoms with E-state index in [2.05, 4.69) is 40.1 Å². The molecule has 0 heterocycles. The summed E-state index contributed by atoms with van der Waals surface area (Å²) in [5.41, 5.74) is 6.85. The van der Waals surface area contributed by atoms with Gasteiger partial charge in [-0.25, -0.2) is 5.43 Å². The second kappa shape index (κ2) is 9.92. The van der Waals surface area contributed by atoms with Gasteiger partial charge in [-0.3, -0.25) is 4.79 Å². The van der Waals surface area contributed by atoms with Crippen LogP contribution in [-0.2, 0) is 17.6 Å². The van der Waals surface area contributed by atoms with Gasteiger partial charge in [0.05, 0.1) is 6.54 Å². The Balaban J connectivity index is 1.62. The van der Waals surface area contributed by atoms with Crippen molar-refractivity contribution in [2.24, 2.45) is 5.10 Å². The van der Waals surface area contributed by atoms with Gasteiger partial charge in [-0.05, 0) is 23.3 Å². The number of carbonyl (C=O) groups excluding carboxylic acids is 1. The van der Waals surface area contributed by atoms with E-state index in [0.29, 0.717) is 12.8 Å². The molecule has 0 saturated carbocycles. The third-order valence-electron chi connectivity index (χ3n) is 4.07. The number of benzene rings is 3. The van der Waals surface area contributed by atoms with Gasteiger partial charge in [0.15, 0.2) is 0 Å². The van der Waals surface area contributed by atoms with Gasteiger partial charge in [0.2, 0.25) is 0 Å². The standard InChI is InChI=1S/C23H23N3O/c27-23(18-24-21-14-8-3-9-15-21)26-25-22(16-19-10-4-1-5-11-19)17-20-12-6-2-7-13-20/h1-15,24H,16-18H2,(H,26,27). The molecule has 2 N–H and O–H groups in total. The number of hydrogen-bond acceptors (Lipinski definition) is 3. The van der Waals surface area contributed by atoms with E-state index in [1.54, 1.807) is 0 Å². The van der Waals surface area contributed by atoms with E-state index in [9.17, 15) is 4.79 Å². The van der Waals surface area contributed by atoms with Crippen LogP contribution in [0.2, 0.25) is 0 Å².